The normalized spacial score (nSPS) is 18.5. The summed E-state index contributed by atoms with van der Waals surface area (Å²) in [6, 6.07) is 25.1. The monoisotopic (exact) mass is 388 g/mol. The van der Waals surface area contributed by atoms with Crippen LogP contribution in [0.15, 0.2) is 77.2 Å². The number of hydrogen-bond donors (Lipinski definition) is 1. The van der Waals surface area contributed by atoms with Crippen molar-refractivity contribution in [3.05, 3.63) is 89.5 Å². The van der Waals surface area contributed by atoms with Gasteiger partial charge in [0.25, 0.3) is 5.95 Å². The topological polar surface area (TPSA) is 33.4 Å². The number of rotatable bonds is 1. The average molecular weight is 388 g/mol. The average Bonchev–Trinajstić information content (AvgIpc) is 3.14. The smallest absolute Gasteiger partial charge is 0.287 e. The molecular weight excluding hydrogens is 368 g/mol. The van der Waals surface area contributed by atoms with E-state index in [1.807, 2.05) is 24.3 Å². The minimum atomic E-state index is -0.594. The molecule has 0 saturated heterocycles. The molecule has 2 heteroatoms. The summed E-state index contributed by atoms with van der Waals surface area (Å²) in [6.07, 6.45) is 8.53. The van der Waals surface area contributed by atoms with Gasteiger partial charge in [-0.05, 0) is 58.0 Å². The van der Waals surface area contributed by atoms with Gasteiger partial charge >= 0.3 is 0 Å². The van der Waals surface area contributed by atoms with Gasteiger partial charge in [0.15, 0.2) is 0 Å². The van der Waals surface area contributed by atoms with Crippen LogP contribution in [0.2, 0.25) is 0 Å². The molecule has 0 spiro atoms. The Hall–Kier alpha value is -3.70. The molecule has 5 aromatic rings. The number of aryl methyl sites for hydroxylation is 1. The Balaban J connectivity index is 1.61. The Bertz CT molecular complexity index is 1500. The first-order valence-electron chi connectivity index (χ1n) is 10.3. The molecule has 6 rings (SSSR count). The first kappa shape index (κ1) is 17.2. The Labute approximate surface area is 174 Å². The maximum Gasteiger partial charge on any atom is 0.287 e. The zero-order valence-electron chi connectivity index (χ0n) is 16.5. The van der Waals surface area contributed by atoms with Gasteiger partial charge in [0.2, 0.25) is 0 Å². The van der Waals surface area contributed by atoms with E-state index in [1.165, 1.54) is 32.7 Å². The molecule has 4 aromatic carbocycles. The second-order valence-electron chi connectivity index (χ2n) is 8.27. The van der Waals surface area contributed by atoms with E-state index in [-0.39, 0.29) is 5.95 Å². The minimum absolute atomic E-state index is 0.0525. The predicted octanol–water partition coefficient (Wildman–Crippen LogP) is 6.50. The van der Waals surface area contributed by atoms with Crippen molar-refractivity contribution < 1.29 is 9.52 Å². The van der Waals surface area contributed by atoms with Gasteiger partial charge < -0.3 is 9.52 Å². The summed E-state index contributed by atoms with van der Waals surface area (Å²) in [6.45, 7) is 0. The van der Waals surface area contributed by atoms with E-state index in [2.05, 4.69) is 54.5 Å². The van der Waals surface area contributed by atoms with Gasteiger partial charge in [0.1, 0.15) is 5.58 Å². The van der Waals surface area contributed by atoms with Crippen LogP contribution in [-0.2, 0) is 18.3 Å². The molecule has 0 saturated carbocycles. The quantitative estimate of drug-likeness (QED) is 0.262. The molecule has 1 atom stereocenters. The van der Waals surface area contributed by atoms with E-state index < -0.39 is 5.41 Å². The van der Waals surface area contributed by atoms with E-state index in [1.54, 1.807) is 0 Å². The largest absolute Gasteiger partial charge is 0.480 e. The van der Waals surface area contributed by atoms with Gasteiger partial charge in [-0.25, -0.2) is 0 Å². The van der Waals surface area contributed by atoms with Crippen molar-refractivity contribution in [3.63, 3.8) is 0 Å². The predicted molar refractivity (Wildman–Crippen MR) is 122 cm³/mol. The standard InChI is InChI=1S/C28H20O2/c1-2-28(26-23-9-5-6-10-25(23)30-27(26)29)16-15-19-12-13-21-20-8-4-3-7-18(20)11-14-22(21)24(19)17-28/h1,3-14,29H,15-17H2. The van der Waals surface area contributed by atoms with Crippen molar-refractivity contribution in [1.82, 2.24) is 0 Å². The third-order valence-electron chi connectivity index (χ3n) is 6.77. The second-order valence-corrected chi connectivity index (χ2v) is 8.27. The molecule has 0 fully saturated rings. The Morgan fingerprint density at radius 1 is 0.833 bits per heavy atom. The zero-order chi connectivity index (χ0) is 20.3. The lowest BCUT2D eigenvalue weighted by atomic mass is 9.67. The van der Waals surface area contributed by atoms with Crippen molar-refractivity contribution in [2.24, 2.45) is 0 Å². The van der Waals surface area contributed by atoms with Crippen molar-refractivity contribution in [2.75, 3.05) is 0 Å². The number of benzene rings is 4. The van der Waals surface area contributed by atoms with Crippen molar-refractivity contribution in [1.29, 1.82) is 0 Å². The summed E-state index contributed by atoms with van der Waals surface area (Å²) in [7, 11) is 0. The maximum absolute atomic E-state index is 10.7. The second kappa shape index (κ2) is 6.15. The molecule has 144 valence electrons. The third-order valence-corrected chi connectivity index (χ3v) is 6.77. The number of hydrogen-bond acceptors (Lipinski definition) is 2. The highest BCUT2D eigenvalue weighted by atomic mass is 16.5. The number of aromatic hydroxyl groups is 1. The fourth-order valence-corrected chi connectivity index (χ4v) is 5.28. The molecule has 2 nitrogen and oxygen atoms in total. The first-order chi connectivity index (χ1) is 14.7. The molecule has 0 bridgehead atoms. The molecule has 1 aliphatic carbocycles. The summed E-state index contributed by atoms with van der Waals surface area (Å²) >= 11 is 0. The number of para-hydroxylation sites is 1. The summed E-state index contributed by atoms with van der Waals surface area (Å²) in [5, 5.41) is 16.6. The lowest BCUT2D eigenvalue weighted by Crippen LogP contribution is -2.32. The van der Waals surface area contributed by atoms with Crippen molar-refractivity contribution in [2.45, 2.75) is 24.7 Å². The highest BCUT2D eigenvalue weighted by Crippen LogP contribution is 2.48. The molecule has 1 heterocycles. The van der Waals surface area contributed by atoms with Crippen LogP contribution in [0.4, 0.5) is 0 Å². The number of terminal acetylenes is 1. The Kier molecular flexibility index (Phi) is 3.52. The highest BCUT2D eigenvalue weighted by Gasteiger charge is 2.40. The molecule has 1 aliphatic rings. The summed E-state index contributed by atoms with van der Waals surface area (Å²) in [5.74, 6) is 3.02. The fourth-order valence-electron chi connectivity index (χ4n) is 5.28. The summed E-state index contributed by atoms with van der Waals surface area (Å²) in [5.41, 5.74) is 3.46. The van der Waals surface area contributed by atoms with Crippen LogP contribution in [0, 0.1) is 12.3 Å². The molecule has 0 amide bonds. The SMILES string of the molecule is C#CC1(c2c(O)oc3ccccc23)CCc2ccc3c(ccc4ccccc43)c2C1. The van der Waals surface area contributed by atoms with Crippen LogP contribution < -0.4 is 0 Å². The molecule has 30 heavy (non-hydrogen) atoms. The van der Waals surface area contributed by atoms with Gasteiger partial charge in [0.05, 0.1) is 11.0 Å². The van der Waals surface area contributed by atoms with Gasteiger partial charge in [0, 0.05) is 5.39 Å². The Morgan fingerprint density at radius 2 is 1.60 bits per heavy atom. The van der Waals surface area contributed by atoms with Crippen LogP contribution in [0.25, 0.3) is 32.5 Å². The van der Waals surface area contributed by atoms with E-state index in [0.29, 0.717) is 12.0 Å². The van der Waals surface area contributed by atoms with E-state index in [9.17, 15) is 5.11 Å². The van der Waals surface area contributed by atoms with Gasteiger partial charge in [-0.15, -0.1) is 6.42 Å². The van der Waals surface area contributed by atoms with Crippen LogP contribution in [0.1, 0.15) is 23.1 Å². The molecule has 1 N–H and O–H groups in total. The summed E-state index contributed by atoms with van der Waals surface area (Å²) in [4.78, 5) is 0. The van der Waals surface area contributed by atoms with Crippen molar-refractivity contribution in [3.8, 4) is 18.3 Å². The van der Waals surface area contributed by atoms with E-state index in [4.69, 9.17) is 10.8 Å². The first-order valence-corrected chi connectivity index (χ1v) is 10.3. The number of fused-ring (bicyclic) bond motifs is 6. The van der Waals surface area contributed by atoms with Crippen LogP contribution in [-0.4, -0.2) is 5.11 Å². The number of furan rings is 1. The van der Waals surface area contributed by atoms with Crippen LogP contribution in [0.3, 0.4) is 0 Å². The van der Waals surface area contributed by atoms with E-state index in [0.717, 1.165) is 23.8 Å². The third kappa shape index (κ3) is 2.27. The van der Waals surface area contributed by atoms with Gasteiger partial charge in [-0.2, -0.15) is 0 Å². The van der Waals surface area contributed by atoms with Gasteiger partial charge in [-0.3, -0.25) is 0 Å². The lowest BCUT2D eigenvalue weighted by molar-refractivity contribution is 0.327. The van der Waals surface area contributed by atoms with Crippen LogP contribution >= 0.6 is 0 Å². The highest BCUT2D eigenvalue weighted by molar-refractivity contribution is 6.08. The van der Waals surface area contributed by atoms with Crippen molar-refractivity contribution >= 4 is 32.5 Å². The van der Waals surface area contributed by atoms with Gasteiger partial charge in [-0.1, -0.05) is 72.7 Å². The molecule has 0 aliphatic heterocycles. The van der Waals surface area contributed by atoms with E-state index >= 15 is 0 Å². The minimum Gasteiger partial charge on any atom is -0.480 e. The molecular formula is C28H20O2. The molecule has 1 aromatic heterocycles. The van der Waals surface area contributed by atoms with Crippen LogP contribution in [0.5, 0.6) is 5.95 Å². The Morgan fingerprint density at radius 3 is 2.47 bits per heavy atom. The summed E-state index contributed by atoms with van der Waals surface area (Å²) < 4.78 is 5.67. The lowest BCUT2D eigenvalue weighted by Gasteiger charge is -2.34. The molecule has 1 unspecified atom stereocenters. The fraction of sp³-hybridized carbons (Fsp3) is 0.143. The zero-order valence-corrected chi connectivity index (χ0v) is 16.5. The molecule has 0 radical (unpaired) electrons. The maximum atomic E-state index is 10.7.